The quantitative estimate of drug-likeness (QED) is 0.767. The fourth-order valence-corrected chi connectivity index (χ4v) is 2.27. The molecule has 2 N–H and O–H groups in total. The Morgan fingerprint density at radius 3 is 2.76 bits per heavy atom. The van der Waals surface area contributed by atoms with Crippen molar-refractivity contribution in [3.8, 4) is 5.75 Å². The van der Waals surface area contributed by atoms with Crippen LogP contribution < -0.4 is 15.4 Å². The lowest BCUT2D eigenvalue weighted by Gasteiger charge is -2.11. The van der Waals surface area contributed by atoms with Crippen LogP contribution in [0, 0.1) is 0 Å². The van der Waals surface area contributed by atoms with Gasteiger partial charge in [-0.2, -0.15) is 5.10 Å². The SMILES string of the molecule is CCOc1ccc(NC(=S)NCCn2cc(Br)cn2)cc1. The number of hydrogen-bond acceptors (Lipinski definition) is 3. The molecule has 1 aromatic carbocycles. The zero-order chi connectivity index (χ0) is 15.1. The van der Waals surface area contributed by atoms with Crippen LogP contribution in [0.4, 0.5) is 5.69 Å². The van der Waals surface area contributed by atoms with Gasteiger partial charge in [0.15, 0.2) is 5.11 Å². The molecular weight excluding hydrogens is 352 g/mol. The molecule has 0 saturated heterocycles. The number of rotatable bonds is 6. The van der Waals surface area contributed by atoms with Crippen molar-refractivity contribution < 1.29 is 4.74 Å². The highest BCUT2D eigenvalue weighted by molar-refractivity contribution is 9.10. The second-order valence-corrected chi connectivity index (χ2v) is 5.58. The van der Waals surface area contributed by atoms with Gasteiger partial charge in [-0.05, 0) is 59.3 Å². The number of halogens is 1. The fourth-order valence-electron chi connectivity index (χ4n) is 1.72. The van der Waals surface area contributed by atoms with Crippen LogP contribution in [0.1, 0.15) is 6.92 Å². The molecule has 7 heteroatoms. The van der Waals surface area contributed by atoms with E-state index in [2.05, 4.69) is 31.7 Å². The van der Waals surface area contributed by atoms with Crippen LogP contribution in [0.25, 0.3) is 0 Å². The molecule has 2 rings (SSSR count). The van der Waals surface area contributed by atoms with Gasteiger partial charge in [-0.1, -0.05) is 0 Å². The molecule has 21 heavy (non-hydrogen) atoms. The Kier molecular flexibility index (Phi) is 6.01. The monoisotopic (exact) mass is 368 g/mol. The van der Waals surface area contributed by atoms with E-state index in [0.717, 1.165) is 22.5 Å². The average molecular weight is 369 g/mol. The van der Waals surface area contributed by atoms with E-state index in [4.69, 9.17) is 17.0 Å². The van der Waals surface area contributed by atoms with E-state index in [-0.39, 0.29) is 0 Å². The van der Waals surface area contributed by atoms with Gasteiger partial charge in [0.1, 0.15) is 5.75 Å². The molecule has 0 aliphatic heterocycles. The Balaban J connectivity index is 1.73. The van der Waals surface area contributed by atoms with Crippen LogP contribution in [0.2, 0.25) is 0 Å². The number of nitrogens with one attached hydrogen (secondary N) is 2. The number of thiocarbonyl (C=S) groups is 1. The predicted molar refractivity (Wildman–Crippen MR) is 91.8 cm³/mol. The highest BCUT2D eigenvalue weighted by Gasteiger charge is 1.99. The van der Waals surface area contributed by atoms with Crippen molar-refractivity contribution in [1.82, 2.24) is 15.1 Å². The summed E-state index contributed by atoms with van der Waals surface area (Å²) >= 11 is 8.61. The maximum absolute atomic E-state index is 5.39. The summed E-state index contributed by atoms with van der Waals surface area (Å²) in [6.07, 6.45) is 3.68. The smallest absolute Gasteiger partial charge is 0.170 e. The largest absolute Gasteiger partial charge is 0.494 e. The average Bonchev–Trinajstić information content (AvgIpc) is 2.87. The Labute approximate surface area is 137 Å². The summed E-state index contributed by atoms with van der Waals surface area (Å²) in [6.45, 7) is 4.08. The van der Waals surface area contributed by atoms with Crippen LogP contribution in [-0.2, 0) is 6.54 Å². The van der Waals surface area contributed by atoms with Crippen molar-refractivity contribution in [3.63, 3.8) is 0 Å². The van der Waals surface area contributed by atoms with E-state index < -0.39 is 0 Å². The minimum absolute atomic E-state index is 0.588. The summed E-state index contributed by atoms with van der Waals surface area (Å²) in [5, 5.41) is 11.0. The standard InChI is InChI=1S/C14H17BrN4OS/c1-2-20-13-5-3-12(4-6-13)18-14(21)16-7-8-19-10-11(15)9-17-19/h3-6,9-10H,2,7-8H2,1H3,(H2,16,18,21). The lowest BCUT2D eigenvalue weighted by Crippen LogP contribution is -2.31. The molecule has 0 radical (unpaired) electrons. The minimum Gasteiger partial charge on any atom is -0.494 e. The van der Waals surface area contributed by atoms with Crippen molar-refractivity contribution in [2.45, 2.75) is 13.5 Å². The number of benzene rings is 1. The van der Waals surface area contributed by atoms with Crippen LogP contribution in [0.5, 0.6) is 5.75 Å². The Bertz CT molecular complexity index is 585. The summed E-state index contributed by atoms with van der Waals surface area (Å²) in [5.74, 6) is 0.853. The fraction of sp³-hybridized carbons (Fsp3) is 0.286. The first-order valence-corrected chi connectivity index (χ1v) is 7.83. The van der Waals surface area contributed by atoms with Crippen LogP contribution >= 0.6 is 28.1 Å². The van der Waals surface area contributed by atoms with Crippen molar-refractivity contribution in [2.75, 3.05) is 18.5 Å². The molecule has 0 unspecified atom stereocenters. The topological polar surface area (TPSA) is 51.1 Å². The molecule has 0 fully saturated rings. The van der Waals surface area contributed by atoms with Gasteiger partial charge in [-0.3, -0.25) is 4.68 Å². The number of ether oxygens (including phenoxy) is 1. The number of hydrogen-bond donors (Lipinski definition) is 2. The summed E-state index contributed by atoms with van der Waals surface area (Å²) in [6, 6.07) is 7.69. The van der Waals surface area contributed by atoms with Crippen LogP contribution in [0.3, 0.4) is 0 Å². The third-order valence-corrected chi connectivity index (χ3v) is 3.31. The molecule has 1 heterocycles. The van der Waals surface area contributed by atoms with E-state index in [1.165, 1.54) is 0 Å². The van der Waals surface area contributed by atoms with Gasteiger partial charge in [0.25, 0.3) is 0 Å². The second-order valence-electron chi connectivity index (χ2n) is 4.26. The highest BCUT2D eigenvalue weighted by Crippen LogP contribution is 2.15. The number of nitrogens with zero attached hydrogens (tertiary/aromatic N) is 2. The number of aromatic nitrogens is 2. The molecule has 5 nitrogen and oxygen atoms in total. The van der Waals surface area contributed by atoms with Crippen LogP contribution in [0.15, 0.2) is 41.1 Å². The minimum atomic E-state index is 0.588. The molecule has 1 aromatic heterocycles. The molecule has 0 bridgehead atoms. The summed E-state index contributed by atoms with van der Waals surface area (Å²) < 4.78 is 8.21. The van der Waals surface area contributed by atoms with Gasteiger partial charge in [-0.15, -0.1) is 0 Å². The summed E-state index contributed by atoms with van der Waals surface area (Å²) in [7, 11) is 0. The molecular formula is C14H17BrN4OS. The third kappa shape index (κ3) is 5.35. The van der Waals surface area contributed by atoms with Crippen molar-refractivity contribution in [1.29, 1.82) is 0 Å². The molecule has 0 aliphatic rings. The normalized spacial score (nSPS) is 10.2. The van der Waals surface area contributed by atoms with E-state index in [0.29, 0.717) is 18.3 Å². The molecule has 112 valence electrons. The van der Waals surface area contributed by atoms with Gasteiger partial charge in [0, 0.05) is 18.4 Å². The van der Waals surface area contributed by atoms with E-state index in [9.17, 15) is 0 Å². The first-order chi connectivity index (χ1) is 10.2. The molecule has 0 saturated carbocycles. The molecule has 0 atom stereocenters. The zero-order valence-corrected chi connectivity index (χ0v) is 14.1. The first-order valence-electron chi connectivity index (χ1n) is 6.63. The molecule has 0 amide bonds. The number of anilines is 1. The molecule has 0 spiro atoms. The third-order valence-electron chi connectivity index (χ3n) is 2.65. The lowest BCUT2D eigenvalue weighted by molar-refractivity contribution is 0.340. The van der Waals surface area contributed by atoms with Crippen molar-refractivity contribution in [3.05, 3.63) is 41.1 Å². The molecule has 2 aromatic rings. The van der Waals surface area contributed by atoms with Gasteiger partial charge >= 0.3 is 0 Å². The van der Waals surface area contributed by atoms with Gasteiger partial charge in [-0.25, -0.2) is 0 Å². The van der Waals surface area contributed by atoms with Gasteiger partial charge in [0.05, 0.1) is 23.8 Å². The summed E-state index contributed by atoms with van der Waals surface area (Å²) in [4.78, 5) is 0. The predicted octanol–water partition coefficient (Wildman–Crippen LogP) is 3.03. The van der Waals surface area contributed by atoms with Crippen molar-refractivity contribution in [2.24, 2.45) is 0 Å². The highest BCUT2D eigenvalue weighted by atomic mass is 79.9. The van der Waals surface area contributed by atoms with E-state index >= 15 is 0 Å². The lowest BCUT2D eigenvalue weighted by atomic mass is 10.3. The first kappa shape index (κ1) is 15.8. The Morgan fingerprint density at radius 1 is 1.38 bits per heavy atom. The van der Waals surface area contributed by atoms with E-state index in [1.807, 2.05) is 42.1 Å². The van der Waals surface area contributed by atoms with Crippen LogP contribution in [-0.4, -0.2) is 28.0 Å². The second kappa shape index (κ2) is 7.99. The van der Waals surface area contributed by atoms with Gasteiger partial charge in [0.2, 0.25) is 0 Å². The van der Waals surface area contributed by atoms with Crippen molar-refractivity contribution >= 4 is 38.9 Å². The Hall–Kier alpha value is -1.60. The van der Waals surface area contributed by atoms with E-state index in [1.54, 1.807) is 6.20 Å². The zero-order valence-electron chi connectivity index (χ0n) is 11.7. The summed E-state index contributed by atoms with van der Waals surface area (Å²) in [5.41, 5.74) is 0.929. The Morgan fingerprint density at radius 2 is 2.14 bits per heavy atom. The van der Waals surface area contributed by atoms with Gasteiger partial charge < -0.3 is 15.4 Å². The maximum atomic E-state index is 5.39. The maximum Gasteiger partial charge on any atom is 0.170 e. The molecule has 0 aliphatic carbocycles.